The number of nitrogens with one attached hydrogen (secondary N) is 2. The molecule has 0 aromatic heterocycles. The molecule has 4 amide bonds. The molecule has 1 atom stereocenters. The summed E-state index contributed by atoms with van der Waals surface area (Å²) >= 11 is 0.847. The highest BCUT2D eigenvalue weighted by Crippen LogP contribution is 2.31. The fourth-order valence-electron chi connectivity index (χ4n) is 3.19. The van der Waals surface area contributed by atoms with Crippen molar-refractivity contribution >= 4 is 40.8 Å². The molecule has 9 heteroatoms. The Morgan fingerprint density at radius 1 is 1.06 bits per heavy atom. The maximum absolute atomic E-state index is 13.9. The number of imide groups is 1. The van der Waals surface area contributed by atoms with Crippen molar-refractivity contribution in [2.75, 3.05) is 13.1 Å². The largest absolute Gasteiger partial charge is 0.353 e. The number of carbonyl (C=O) groups is 4. The standard InChI is InChI=1S/C24H24FN3O4S/c1-15(2)20(27-21(29)17-10-6-7-11-18(17)25)22(30)26-12-13-28-23(31)19(33-24(28)32)14-16-8-4-3-5-9-16/h3-11,14-15,20H,12-13H2,1-2H3,(H,26,30)(H,27,29)/b19-14+/t20-/m0/s1. The van der Waals surface area contributed by atoms with Crippen LogP contribution in [0.25, 0.3) is 6.08 Å². The van der Waals surface area contributed by atoms with Crippen LogP contribution in [0.3, 0.4) is 0 Å². The fourth-order valence-corrected chi connectivity index (χ4v) is 4.06. The van der Waals surface area contributed by atoms with E-state index in [9.17, 15) is 23.6 Å². The van der Waals surface area contributed by atoms with Crippen LogP contribution in [0, 0.1) is 11.7 Å². The quantitative estimate of drug-likeness (QED) is 0.578. The predicted octanol–water partition coefficient (Wildman–Crippen LogP) is 3.43. The van der Waals surface area contributed by atoms with Crippen molar-refractivity contribution in [2.24, 2.45) is 5.92 Å². The first kappa shape index (κ1) is 24.2. The second-order valence-electron chi connectivity index (χ2n) is 7.71. The zero-order valence-electron chi connectivity index (χ0n) is 18.2. The van der Waals surface area contributed by atoms with E-state index < -0.39 is 34.8 Å². The molecule has 172 valence electrons. The van der Waals surface area contributed by atoms with Gasteiger partial charge < -0.3 is 10.6 Å². The average molecular weight is 470 g/mol. The molecule has 1 aliphatic rings. The molecule has 2 aromatic rings. The van der Waals surface area contributed by atoms with Crippen LogP contribution in [0.1, 0.15) is 29.8 Å². The third-order valence-electron chi connectivity index (χ3n) is 4.96. The van der Waals surface area contributed by atoms with Crippen molar-refractivity contribution in [1.82, 2.24) is 15.5 Å². The van der Waals surface area contributed by atoms with E-state index >= 15 is 0 Å². The summed E-state index contributed by atoms with van der Waals surface area (Å²) in [6, 6.07) is 13.8. The molecule has 1 heterocycles. The van der Waals surface area contributed by atoms with Crippen LogP contribution >= 0.6 is 11.8 Å². The number of halogens is 1. The summed E-state index contributed by atoms with van der Waals surface area (Å²) in [6.45, 7) is 3.51. The molecule has 33 heavy (non-hydrogen) atoms. The van der Waals surface area contributed by atoms with Gasteiger partial charge >= 0.3 is 0 Å². The van der Waals surface area contributed by atoms with Gasteiger partial charge in [0.1, 0.15) is 11.9 Å². The Bertz CT molecular complexity index is 1090. The van der Waals surface area contributed by atoms with Gasteiger partial charge in [-0.25, -0.2) is 4.39 Å². The van der Waals surface area contributed by atoms with Crippen LogP contribution < -0.4 is 10.6 Å². The summed E-state index contributed by atoms with van der Waals surface area (Å²) in [6.07, 6.45) is 1.65. The van der Waals surface area contributed by atoms with E-state index in [1.165, 1.54) is 24.3 Å². The maximum Gasteiger partial charge on any atom is 0.293 e. The molecule has 0 bridgehead atoms. The Morgan fingerprint density at radius 3 is 2.39 bits per heavy atom. The van der Waals surface area contributed by atoms with Gasteiger partial charge in [-0.05, 0) is 41.5 Å². The summed E-state index contributed by atoms with van der Waals surface area (Å²) in [5.41, 5.74) is 0.653. The van der Waals surface area contributed by atoms with Gasteiger partial charge in [-0.2, -0.15) is 0 Å². The first-order valence-electron chi connectivity index (χ1n) is 10.4. The van der Waals surface area contributed by atoms with E-state index in [1.54, 1.807) is 19.9 Å². The van der Waals surface area contributed by atoms with Gasteiger partial charge in [0.25, 0.3) is 17.1 Å². The van der Waals surface area contributed by atoms with Crippen LogP contribution in [0.2, 0.25) is 0 Å². The molecular weight excluding hydrogens is 445 g/mol. The minimum Gasteiger partial charge on any atom is -0.353 e. The van der Waals surface area contributed by atoms with E-state index in [-0.39, 0.29) is 24.6 Å². The number of thioether (sulfide) groups is 1. The summed E-state index contributed by atoms with van der Waals surface area (Å²) in [4.78, 5) is 51.3. The number of rotatable bonds is 8. The smallest absolute Gasteiger partial charge is 0.293 e. The number of hydrogen-bond acceptors (Lipinski definition) is 5. The highest BCUT2D eigenvalue weighted by atomic mass is 32.2. The monoisotopic (exact) mass is 469 g/mol. The topological polar surface area (TPSA) is 95.6 Å². The molecule has 7 nitrogen and oxygen atoms in total. The van der Waals surface area contributed by atoms with E-state index in [0.717, 1.165) is 22.2 Å². The third kappa shape index (κ3) is 6.07. The predicted molar refractivity (Wildman–Crippen MR) is 125 cm³/mol. The molecule has 0 unspecified atom stereocenters. The molecule has 1 saturated heterocycles. The van der Waals surface area contributed by atoms with Gasteiger partial charge in [0, 0.05) is 13.1 Å². The van der Waals surface area contributed by atoms with Gasteiger partial charge in [-0.1, -0.05) is 56.3 Å². The van der Waals surface area contributed by atoms with Crippen molar-refractivity contribution in [3.8, 4) is 0 Å². The van der Waals surface area contributed by atoms with E-state index in [0.29, 0.717) is 4.91 Å². The van der Waals surface area contributed by atoms with Gasteiger partial charge in [-0.15, -0.1) is 0 Å². The third-order valence-corrected chi connectivity index (χ3v) is 5.87. The van der Waals surface area contributed by atoms with Crippen LogP contribution in [0.4, 0.5) is 9.18 Å². The van der Waals surface area contributed by atoms with Crippen molar-refractivity contribution in [1.29, 1.82) is 0 Å². The highest BCUT2D eigenvalue weighted by Gasteiger charge is 2.35. The van der Waals surface area contributed by atoms with Crippen molar-refractivity contribution < 1.29 is 23.6 Å². The van der Waals surface area contributed by atoms with Crippen LogP contribution in [-0.4, -0.2) is 47.0 Å². The van der Waals surface area contributed by atoms with Gasteiger partial charge in [0.15, 0.2) is 0 Å². The Balaban J connectivity index is 1.57. The molecule has 1 aliphatic heterocycles. The lowest BCUT2D eigenvalue weighted by molar-refractivity contribution is -0.125. The second-order valence-corrected chi connectivity index (χ2v) is 8.70. The minimum absolute atomic E-state index is 0.00535. The molecule has 1 fully saturated rings. The first-order valence-corrected chi connectivity index (χ1v) is 11.2. The zero-order chi connectivity index (χ0) is 24.0. The molecular formula is C24H24FN3O4S. The van der Waals surface area contributed by atoms with E-state index in [2.05, 4.69) is 10.6 Å². The zero-order valence-corrected chi connectivity index (χ0v) is 19.0. The molecule has 0 aliphatic carbocycles. The van der Waals surface area contributed by atoms with Gasteiger partial charge in [0.2, 0.25) is 5.91 Å². The van der Waals surface area contributed by atoms with Gasteiger partial charge in [-0.3, -0.25) is 24.1 Å². The van der Waals surface area contributed by atoms with Crippen molar-refractivity contribution in [3.63, 3.8) is 0 Å². The van der Waals surface area contributed by atoms with Gasteiger partial charge in [0.05, 0.1) is 10.5 Å². The van der Waals surface area contributed by atoms with E-state index in [4.69, 9.17) is 0 Å². The summed E-state index contributed by atoms with van der Waals surface area (Å²) in [5.74, 6) is -2.55. The van der Waals surface area contributed by atoms with Crippen LogP contribution in [0.15, 0.2) is 59.5 Å². The Kier molecular flexibility index (Phi) is 8.00. The van der Waals surface area contributed by atoms with E-state index in [1.807, 2.05) is 30.3 Å². The lowest BCUT2D eigenvalue weighted by Crippen LogP contribution is -2.51. The molecule has 2 N–H and O–H groups in total. The first-order chi connectivity index (χ1) is 15.8. The molecule has 2 aromatic carbocycles. The van der Waals surface area contributed by atoms with Crippen molar-refractivity contribution in [3.05, 3.63) is 76.4 Å². The summed E-state index contributed by atoms with van der Waals surface area (Å²) < 4.78 is 13.9. The summed E-state index contributed by atoms with van der Waals surface area (Å²) in [7, 11) is 0. The number of hydrogen-bond donors (Lipinski definition) is 2. The number of nitrogens with zero attached hydrogens (tertiary/aromatic N) is 1. The highest BCUT2D eigenvalue weighted by molar-refractivity contribution is 8.18. The fraction of sp³-hybridized carbons (Fsp3) is 0.250. The molecule has 0 saturated carbocycles. The lowest BCUT2D eigenvalue weighted by atomic mass is 10.0. The minimum atomic E-state index is -0.912. The SMILES string of the molecule is CC(C)[C@H](NC(=O)c1ccccc1F)C(=O)NCCN1C(=O)S/C(=C/c2ccccc2)C1=O. The Hall–Kier alpha value is -3.46. The Labute approximate surface area is 195 Å². The molecule has 0 radical (unpaired) electrons. The molecule has 3 rings (SSSR count). The van der Waals surface area contributed by atoms with Crippen molar-refractivity contribution in [2.45, 2.75) is 19.9 Å². The number of carbonyl (C=O) groups excluding carboxylic acids is 4. The lowest BCUT2D eigenvalue weighted by Gasteiger charge is -2.22. The molecule has 0 spiro atoms. The number of amides is 4. The normalized spacial score (nSPS) is 15.8. The van der Waals surface area contributed by atoms with Crippen LogP contribution in [-0.2, 0) is 9.59 Å². The number of benzene rings is 2. The average Bonchev–Trinajstić information content (AvgIpc) is 3.05. The summed E-state index contributed by atoms with van der Waals surface area (Å²) in [5, 5.41) is 4.79. The van der Waals surface area contributed by atoms with Crippen LogP contribution in [0.5, 0.6) is 0 Å². The Morgan fingerprint density at radius 2 is 1.73 bits per heavy atom. The second kappa shape index (κ2) is 10.9. The maximum atomic E-state index is 13.9.